The summed E-state index contributed by atoms with van der Waals surface area (Å²) in [5.41, 5.74) is 6.01. The van der Waals surface area contributed by atoms with Crippen molar-refractivity contribution in [3.63, 3.8) is 0 Å². The molecule has 0 bridgehead atoms. The number of hydrogen-bond acceptors (Lipinski definition) is 3. The monoisotopic (exact) mass is 336 g/mol. The summed E-state index contributed by atoms with van der Waals surface area (Å²) in [5.74, 6) is 0.407. The minimum Gasteiger partial charge on any atom is -0.326 e. The molecule has 1 saturated carbocycles. The molecule has 0 radical (unpaired) electrons. The van der Waals surface area contributed by atoms with Crippen LogP contribution < -0.4 is 10.5 Å². The summed E-state index contributed by atoms with van der Waals surface area (Å²) in [6.07, 6.45) is 3.29. The van der Waals surface area contributed by atoms with Crippen molar-refractivity contribution >= 4 is 33.2 Å². The van der Waals surface area contributed by atoms with Gasteiger partial charge in [0.05, 0.1) is 5.02 Å². The first-order chi connectivity index (χ1) is 9.36. The summed E-state index contributed by atoms with van der Waals surface area (Å²) >= 11 is 12.1. The quantitative estimate of drug-likeness (QED) is 0.868. The van der Waals surface area contributed by atoms with Crippen LogP contribution in [0, 0.1) is 5.92 Å². The Bertz CT molecular complexity index is 601. The Balaban J connectivity index is 2.29. The van der Waals surface area contributed by atoms with E-state index in [-0.39, 0.29) is 22.5 Å². The van der Waals surface area contributed by atoms with E-state index < -0.39 is 10.0 Å². The zero-order chi connectivity index (χ0) is 14.9. The van der Waals surface area contributed by atoms with Crippen LogP contribution in [0.5, 0.6) is 0 Å². The Hall–Kier alpha value is -0.330. The molecule has 0 heterocycles. The van der Waals surface area contributed by atoms with Crippen LogP contribution in [0.15, 0.2) is 17.0 Å². The SMILES string of the molecule is CC(NS(=O)(=O)c1ccc(Cl)c(CN)c1Cl)C1CCC1. The van der Waals surface area contributed by atoms with Gasteiger partial charge < -0.3 is 5.73 Å². The molecule has 0 aliphatic heterocycles. The Morgan fingerprint density at radius 3 is 2.55 bits per heavy atom. The lowest BCUT2D eigenvalue weighted by molar-refractivity contribution is 0.260. The predicted octanol–water partition coefficient (Wildman–Crippen LogP) is 2.92. The van der Waals surface area contributed by atoms with Crippen LogP contribution in [0.3, 0.4) is 0 Å². The lowest BCUT2D eigenvalue weighted by Crippen LogP contribution is -2.40. The fourth-order valence-electron chi connectivity index (χ4n) is 2.32. The highest BCUT2D eigenvalue weighted by Crippen LogP contribution is 2.33. The van der Waals surface area contributed by atoms with Gasteiger partial charge in [-0.15, -0.1) is 0 Å². The molecule has 0 spiro atoms. The minimum atomic E-state index is -3.66. The van der Waals surface area contributed by atoms with Crippen LogP contribution in [0.25, 0.3) is 0 Å². The summed E-state index contributed by atoms with van der Waals surface area (Å²) in [4.78, 5) is 0.0372. The molecule has 1 aliphatic rings. The smallest absolute Gasteiger partial charge is 0.242 e. The molecular formula is C13H18Cl2N2O2S. The first-order valence-corrected chi connectivity index (χ1v) is 8.80. The average molecular weight is 337 g/mol. The second kappa shape index (κ2) is 6.20. The molecule has 4 nitrogen and oxygen atoms in total. The maximum atomic E-state index is 12.4. The highest BCUT2D eigenvalue weighted by molar-refractivity contribution is 7.89. The average Bonchev–Trinajstić information content (AvgIpc) is 2.25. The standard InChI is InChI=1S/C13H18Cl2N2O2S/c1-8(9-3-2-4-9)17-20(18,19)12-6-5-11(14)10(7-16)13(12)15/h5-6,8-9,17H,2-4,7,16H2,1H3. The second-order valence-electron chi connectivity index (χ2n) is 5.14. The number of nitrogens with one attached hydrogen (secondary N) is 1. The number of hydrogen-bond donors (Lipinski definition) is 2. The number of halogens is 2. The largest absolute Gasteiger partial charge is 0.326 e. The molecule has 1 atom stereocenters. The van der Waals surface area contributed by atoms with Crippen molar-refractivity contribution in [1.29, 1.82) is 0 Å². The summed E-state index contributed by atoms with van der Waals surface area (Å²) in [7, 11) is -3.66. The number of rotatable bonds is 5. The fourth-order valence-corrected chi connectivity index (χ4v) is 4.56. The van der Waals surface area contributed by atoms with E-state index in [1.54, 1.807) is 0 Å². The van der Waals surface area contributed by atoms with Gasteiger partial charge in [0.1, 0.15) is 4.90 Å². The van der Waals surface area contributed by atoms with E-state index in [1.807, 2.05) is 6.92 Å². The van der Waals surface area contributed by atoms with Gasteiger partial charge >= 0.3 is 0 Å². The maximum Gasteiger partial charge on any atom is 0.242 e. The van der Waals surface area contributed by atoms with Crippen molar-refractivity contribution < 1.29 is 8.42 Å². The van der Waals surface area contributed by atoms with Gasteiger partial charge in [0.2, 0.25) is 10.0 Å². The summed E-state index contributed by atoms with van der Waals surface area (Å²) in [6.45, 7) is 1.98. The van der Waals surface area contributed by atoms with Gasteiger partial charge in [-0.1, -0.05) is 29.6 Å². The van der Waals surface area contributed by atoms with Gasteiger partial charge in [0.25, 0.3) is 0 Å². The summed E-state index contributed by atoms with van der Waals surface area (Å²) in [5, 5.41) is 0.483. The molecule has 112 valence electrons. The van der Waals surface area contributed by atoms with Crippen LogP contribution in [-0.2, 0) is 16.6 Å². The van der Waals surface area contributed by atoms with E-state index in [0.29, 0.717) is 16.5 Å². The molecule has 3 N–H and O–H groups in total. The van der Waals surface area contributed by atoms with Gasteiger partial charge in [0.15, 0.2) is 0 Å². The topological polar surface area (TPSA) is 72.2 Å². The Labute approximate surface area is 129 Å². The molecule has 20 heavy (non-hydrogen) atoms. The molecular weight excluding hydrogens is 319 g/mol. The van der Waals surface area contributed by atoms with Gasteiger partial charge in [-0.3, -0.25) is 0 Å². The first-order valence-electron chi connectivity index (χ1n) is 6.56. The van der Waals surface area contributed by atoms with E-state index in [1.165, 1.54) is 12.1 Å². The van der Waals surface area contributed by atoms with Crippen molar-refractivity contribution in [2.45, 2.75) is 43.7 Å². The van der Waals surface area contributed by atoms with E-state index in [4.69, 9.17) is 28.9 Å². The van der Waals surface area contributed by atoms with E-state index >= 15 is 0 Å². The van der Waals surface area contributed by atoms with Crippen LogP contribution in [-0.4, -0.2) is 14.5 Å². The molecule has 0 aromatic heterocycles. The zero-order valence-corrected chi connectivity index (χ0v) is 13.5. The van der Waals surface area contributed by atoms with Gasteiger partial charge in [-0.05, 0) is 37.8 Å². The van der Waals surface area contributed by atoms with E-state index in [0.717, 1.165) is 19.3 Å². The van der Waals surface area contributed by atoms with Crippen LogP contribution >= 0.6 is 23.2 Å². The second-order valence-corrected chi connectivity index (χ2v) is 7.61. The first kappa shape index (κ1) is 16.0. The normalized spacial score (nSPS) is 17.8. The predicted molar refractivity (Wildman–Crippen MR) is 81.5 cm³/mol. The molecule has 1 aliphatic carbocycles. The summed E-state index contributed by atoms with van der Waals surface area (Å²) in [6, 6.07) is 2.83. The lowest BCUT2D eigenvalue weighted by atomic mass is 9.81. The van der Waals surface area contributed by atoms with Crippen molar-refractivity contribution in [3.8, 4) is 0 Å². The molecule has 0 amide bonds. The van der Waals surface area contributed by atoms with Crippen molar-refractivity contribution in [2.75, 3.05) is 0 Å². The van der Waals surface area contributed by atoms with Crippen LogP contribution in [0.2, 0.25) is 10.0 Å². The molecule has 1 unspecified atom stereocenters. The molecule has 1 fully saturated rings. The van der Waals surface area contributed by atoms with E-state index in [2.05, 4.69) is 4.72 Å². The molecule has 7 heteroatoms. The van der Waals surface area contributed by atoms with Crippen molar-refractivity contribution in [2.24, 2.45) is 11.7 Å². The molecule has 1 aromatic carbocycles. The molecule has 2 rings (SSSR count). The maximum absolute atomic E-state index is 12.4. The third kappa shape index (κ3) is 3.12. The molecule has 0 saturated heterocycles. The van der Waals surface area contributed by atoms with Crippen molar-refractivity contribution in [3.05, 3.63) is 27.7 Å². The number of benzene rings is 1. The third-order valence-electron chi connectivity index (χ3n) is 3.84. The number of nitrogens with two attached hydrogens (primary N) is 1. The van der Waals surface area contributed by atoms with Crippen LogP contribution in [0.4, 0.5) is 0 Å². The highest BCUT2D eigenvalue weighted by atomic mass is 35.5. The third-order valence-corrected chi connectivity index (χ3v) is 6.34. The van der Waals surface area contributed by atoms with Crippen LogP contribution in [0.1, 0.15) is 31.7 Å². The minimum absolute atomic E-state index is 0.0372. The van der Waals surface area contributed by atoms with Crippen molar-refractivity contribution in [1.82, 2.24) is 4.72 Å². The summed E-state index contributed by atoms with van der Waals surface area (Å²) < 4.78 is 27.5. The van der Waals surface area contributed by atoms with Gasteiger partial charge in [-0.25, -0.2) is 13.1 Å². The highest BCUT2D eigenvalue weighted by Gasteiger charge is 2.29. The molecule has 1 aromatic rings. The zero-order valence-electron chi connectivity index (χ0n) is 11.2. The Morgan fingerprint density at radius 1 is 1.40 bits per heavy atom. The van der Waals surface area contributed by atoms with Gasteiger partial charge in [0, 0.05) is 23.2 Å². The lowest BCUT2D eigenvalue weighted by Gasteiger charge is -2.31. The Kier molecular flexibility index (Phi) is 4.97. The number of sulfonamides is 1. The van der Waals surface area contributed by atoms with Gasteiger partial charge in [-0.2, -0.15) is 0 Å². The fraction of sp³-hybridized carbons (Fsp3) is 0.538. The Morgan fingerprint density at radius 2 is 2.05 bits per heavy atom. The van der Waals surface area contributed by atoms with E-state index in [9.17, 15) is 8.42 Å².